The molecule has 0 aliphatic carbocycles. The molecule has 2 aromatic carbocycles. The Morgan fingerprint density at radius 2 is 1.87 bits per heavy atom. The normalized spacial score (nSPS) is 10.8. The van der Waals surface area contributed by atoms with Gasteiger partial charge in [-0.1, -0.05) is 46.9 Å². The van der Waals surface area contributed by atoms with Crippen LogP contribution in [0.15, 0.2) is 71.4 Å². The highest BCUT2D eigenvalue weighted by Crippen LogP contribution is 2.36. The lowest BCUT2D eigenvalue weighted by molar-refractivity contribution is 0.0992. The van der Waals surface area contributed by atoms with Gasteiger partial charge in [-0.2, -0.15) is 5.10 Å². The molecule has 0 bridgehead atoms. The van der Waals surface area contributed by atoms with E-state index in [2.05, 4.69) is 10.4 Å². The highest BCUT2D eigenvalue weighted by molar-refractivity contribution is 6.40. The third kappa shape index (κ3) is 5.41. The smallest absolute Gasteiger partial charge is 0.291 e. The predicted octanol–water partition coefficient (Wildman–Crippen LogP) is 6.32. The molecule has 0 saturated heterocycles. The Morgan fingerprint density at radius 3 is 2.61 bits per heavy atom. The number of halogens is 3. The number of benzene rings is 2. The molecule has 0 spiro atoms. The molecule has 0 atom stereocenters. The highest BCUT2D eigenvalue weighted by atomic mass is 35.5. The van der Waals surface area contributed by atoms with Gasteiger partial charge in [-0.15, -0.1) is 0 Å². The maximum atomic E-state index is 12.6. The topological polar surface area (TPSA) is 69.3 Å². The Labute approximate surface area is 193 Å². The summed E-state index contributed by atoms with van der Waals surface area (Å²) >= 11 is 18.1. The van der Waals surface area contributed by atoms with Crippen LogP contribution in [-0.4, -0.2) is 15.7 Å². The van der Waals surface area contributed by atoms with Gasteiger partial charge in [0.2, 0.25) is 0 Å². The zero-order chi connectivity index (χ0) is 21.8. The van der Waals surface area contributed by atoms with Crippen LogP contribution in [0.2, 0.25) is 15.1 Å². The Morgan fingerprint density at radius 1 is 1.06 bits per heavy atom. The molecule has 9 heteroatoms. The van der Waals surface area contributed by atoms with Crippen molar-refractivity contribution in [2.75, 3.05) is 5.32 Å². The van der Waals surface area contributed by atoms with Crippen molar-refractivity contribution in [1.82, 2.24) is 9.78 Å². The summed E-state index contributed by atoms with van der Waals surface area (Å²) in [4.78, 5) is 12.6. The lowest BCUT2D eigenvalue weighted by Gasteiger charge is -2.09. The first-order valence-electron chi connectivity index (χ1n) is 9.22. The molecule has 0 saturated carbocycles. The number of furan rings is 1. The Balaban J connectivity index is 1.38. The van der Waals surface area contributed by atoms with E-state index in [0.717, 1.165) is 5.56 Å². The molecule has 2 heterocycles. The van der Waals surface area contributed by atoms with Crippen molar-refractivity contribution in [3.8, 4) is 5.75 Å². The maximum Gasteiger partial charge on any atom is 0.291 e. The molecule has 4 aromatic rings. The Bertz CT molecular complexity index is 1180. The fourth-order valence-electron chi connectivity index (χ4n) is 2.91. The van der Waals surface area contributed by atoms with Crippen LogP contribution < -0.4 is 10.1 Å². The van der Waals surface area contributed by atoms with Crippen molar-refractivity contribution >= 4 is 46.4 Å². The van der Waals surface area contributed by atoms with Gasteiger partial charge in [-0.3, -0.25) is 9.48 Å². The number of aromatic nitrogens is 2. The number of carbonyl (C=O) groups is 1. The molecule has 0 radical (unpaired) electrons. The quantitative estimate of drug-likeness (QED) is 0.339. The van der Waals surface area contributed by atoms with Gasteiger partial charge < -0.3 is 14.5 Å². The number of nitrogens with one attached hydrogen (secondary N) is 1. The number of ether oxygens (including phenoxy) is 1. The van der Waals surface area contributed by atoms with Crippen molar-refractivity contribution in [2.24, 2.45) is 0 Å². The summed E-state index contributed by atoms with van der Waals surface area (Å²) in [5, 5.41) is 8.00. The number of rotatable bonds is 7. The number of anilines is 1. The fourth-order valence-corrected chi connectivity index (χ4v) is 3.83. The Hall–Kier alpha value is -2.93. The number of nitrogens with zero attached hydrogens (tertiary/aromatic N) is 2. The van der Waals surface area contributed by atoms with E-state index in [1.807, 2.05) is 36.5 Å². The standard InChI is InChI=1S/C22H16Cl3N3O3/c23-15-10-18(24)21(19(25)11-15)30-13-17-5-6-20(31-17)22(29)27-16-4-1-3-14(9-16)12-28-8-2-7-26-28/h1-11H,12-13H2,(H,27,29). The van der Waals surface area contributed by atoms with Gasteiger partial charge in [0.25, 0.3) is 5.91 Å². The fraction of sp³-hybridized carbons (Fsp3) is 0.0909. The molecule has 2 aromatic heterocycles. The molecule has 0 unspecified atom stereocenters. The van der Waals surface area contributed by atoms with Crippen LogP contribution >= 0.6 is 34.8 Å². The van der Waals surface area contributed by atoms with E-state index in [1.165, 1.54) is 12.1 Å². The van der Waals surface area contributed by atoms with Crippen molar-refractivity contribution < 1.29 is 13.9 Å². The molecular formula is C22H16Cl3N3O3. The zero-order valence-electron chi connectivity index (χ0n) is 16.0. The molecule has 0 aliphatic heterocycles. The lowest BCUT2D eigenvalue weighted by atomic mass is 10.2. The summed E-state index contributed by atoms with van der Waals surface area (Å²) in [7, 11) is 0. The van der Waals surface area contributed by atoms with Gasteiger partial charge in [-0.05, 0) is 48.0 Å². The van der Waals surface area contributed by atoms with E-state index in [1.54, 1.807) is 23.0 Å². The number of hydrogen-bond donors (Lipinski definition) is 1. The minimum absolute atomic E-state index is 0.0493. The SMILES string of the molecule is O=C(Nc1cccc(Cn2cccn2)c1)c1ccc(COc2c(Cl)cc(Cl)cc2Cl)o1. The van der Waals surface area contributed by atoms with Crippen molar-refractivity contribution in [3.05, 3.63) is 99.1 Å². The van der Waals surface area contributed by atoms with Crippen molar-refractivity contribution in [1.29, 1.82) is 0 Å². The molecule has 0 aliphatic rings. The third-order valence-corrected chi connectivity index (χ3v) is 5.08. The van der Waals surface area contributed by atoms with Crippen LogP contribution in [-0.2, 0) is 13.2 Å². The van der Waals surface area contributed by atoms with Crippen LogP contribution in [0.4, 0.5) is 5.69 Å². The van der Waals surface area contributed by atoms with Gasteiger partial charge in [-0.25, -0.2) is 0 Å². The average molecular weight is 477 g/mol. The summed E-state index contributed by atoms with van der Waals surface area (Å²) in [6.07, 6.45) is 3.60. The third-order valence-electron chi connectivity index (χ3n) is 4.30. The minimum atomic E-state index is -0.370. The maximum absolute atomic E-state index is 12.6. The Kier molecular flexibility index (Phi) is 6.51. The van der Waals surface area contributed by atoms with E-state index < -0.39 is 0 Å². The summed E-state index contributed by atoms with van der Waals surface area (Å²) in [5.74, 6) is 0.526. The molecule has 6 nitrogen and oxygen atoms in total. The molecule has 1 amide bonds. The predicted molar refractivity (Wildman–Crippen MR) is 120 cm³/mol. The first kappa shape index (κ1) is 21.3. The molecule has 158 valence electrons. The van der Waals surface area contributed by atoms with E-state index >= 15 is 0 Å². The summed E-state index contributed by atoms with van der Waals surface area (Å²) in [5.41, 5.74) is 1.66. The number of amides is 1. The minimum Gasteiger partial charge on any atom is -0.483 e. The summed E-state index contributed by atoms with van der Waals surface area (Å²) in [6.45, 7) is 0.655. The second-order valence-corrected chi connectivity index (χ2v) is 7.86. The molecule has 4 rings (SSSR count). The van der Waals surface area contributed by atoms with Gasteiger partial charge >= 0.3 is 0 Å². The van der Waals surface area contributed by atoms with Crippen LogP contribution in [0.5, 0.6) is 5.75 Å². The van der Waals surface area contributed by atoms with E-state index in [0.29, 0.717) is 28.8 Å². The number of hydrogen-bond acceptors (Lipinski definition) is 4. The second kappa shape index (κ2) is 9.47. The van der Waals surface area contributed by atoms with Crippen molar-refractivity contribution in [2.45, 2.75) is 13.2 Å². The second-order valence-electron chi connectivity index (χ2n) is 6.61. The van der Waals surface area contributed by atoms with Crippen LogP contribution in [0.3, 0.4) is 0 Å². The van der Waals surface area contributed by atoms with Gasteiger partial charge in [0.05, 0.1) is 16.6 Å². The lowest BCUT2D eigenvalue weighted by Crippen LogP contribution is -2.11. The molecule has 31 heavy (non-hydrogen) atoms. The monoisotopic (exact) mass is 475 g/mol. The van der Waals surface area contributed by atoms with Gasteiger partial charge in [0.15, 0.2) is 11.5 Å². The largest absolute Gasteiger partial charge is 0.483 e. The highest BCUT2D eigenvalue weighted by Gasteiger charge is 2.14. The first-order chi connectivity index (χ1) is 15.0. The van der Waals surface area contributed by atoms with Crippen LogP contribution in [0, 0.1) is 0 Å². The van der Waals surface area contributed by atoms with E-state index in [4.69, 9.17) is 44.0 Å². The van der Waals surface area contributed by atoms with Crippen LogP contribution in [0.25, 0.3) is 0 Å². The molecule has 0 fully saturated rings. The first-order valence-corrected chi connectivity index (χ1v) is 10.3. The average Bonchev–Trinajstić information content (AvgIpc) is 3.39. The zero-order valence-corrected chi connectivity index (χ0v) is 18.3. The van der Waals surface area contributed by atoms with Gasteiger partial charge in [0, 0.05) is 23.1 Å². The van der Waals surface area contributed by atoms with Crippen molar-refractivity contribution in [3.63, 3.8) is 0 Å². The summed E-state index contributed by atoms with van der Waals surface area (Å²) < 4.78 is 13.0. The van der Waals surface area contributed by atoms with E-state index in [9.17, 15) is 4.79 Å². The van der Waals surface area contributed by atoms with Crippen LogP contribution in [0.1, 0.15) is 21.9 Å². The van der Waals surface area contributed by atoms with Gasteiger partial charge in [0.1, 0.15) is 12.4 Å². The number of carbonyl (C=O) groups excluding carboxylic acids is 1. The summed E-state index contributed by atoms with van der Waals surface area (Å²) in [6, 6.07) is 15.7. The molecular weight excluding hydrogens is 461 g/mol. The molecule has 1 N–H and O–H groups in total. The van der Waals surface area contributed by atoms with E-state index in [-0.39, 0.29) is 28.3 Å².